The molecular formula is C11H11NO. The summed E-state index contributed by atoms with van der Waals surface area (Å²) < 4.78 is 5.27. The fourth-order valence-corrected chi connectivity index (χ4v) is 1.40. The molecular weight excluding hydrogens is 162 g/mol. The average molecular weight is 173 g/mol. The highest BCUT2D eigenvalue weighted by Gasteiger charge is 2.01. The minimum absolute atomic E-state index is 0.770. The number of nitrogens with two attached hydrogens (primary N) is 1. The van der Waals surface area contributed by atoms with Crippen LogP contribution in [0.15, 0.2) is 41.0 Å². The van der Waals surface area contributed by atoms with Crippen LogP contribution in [0.2, 0.25) is 0 Å². The van der Waals surface area contributed by atoms with E-state index in [-0.39, 0.29) is 0 Å². The van der Waals surface area contributed by atoms with Gasteiger partial charge in [0.05, 0.1) is 6.26 Å². The Balaban J connectivity index is 2.53. The Kier molecular flexibility index (Phi) is 1.81. The average Bonchev–Trinajstić information content (AvgIpc) is 2.53. The topological polar surface area (TPSA) is 39.2 Å². The third-order valence-electron chi connectivity index (χ3n) is 1.91. The summed E-state index contributed by atoms with van der Waals surface area (Å²) in [4.78, 5) is 0. The van der Waals surface area contributed by atoms with E-state index in [1.54, 1.807) is 6.26 Å². The van der Waals surface area contributed by atoms with Gasteiger partial charge in [-0.25, -0.2) is 0 Å². The summed E-state index contributed by atoms with van der Waals surface area (Å²) >= 11 is 0. The maximum Gasteiger partial charge on any atom is 0.133 e. The molecule has 2 rings (SSSR count). The highest BCUT2D eigenvalue weighted by Crippen LogP contribution is 2.23. The van der Waals surface area contributed by atoms with Crippen molar-refractivity contribution in [2.75, 3.05) is 5.73 Å². The number of nitrogen functional groups attached to an aromatic ring is 1. The minimum atomic E-state index is 0.770. The van der Waals surface area contributed by atoms with Gasteiger partial charge in [0.15, 0.2) is 0 Å². The van der Waals surface area contributed by atoms with Gasteiger partial charge in [-0.05, 0) is 42.8 Å². The summed E-state index contributed by atoms with van der Waals surface area (Å²) in [5.41, 5.74) is 8.67. The zero-order valence-corrected chi connectivity index (χ0v) is 7.45. The van der Waals surface area contributed by atoms with E-state index in [1.165, 1.54) is 0 Å². The first-order valence-electron chi connectivity index (χ1n) is 4.17. The number of rotatable bonds is 1. The summed E-state index contributed by atoms with van der Waals surface area (Å²) in [6.45, 7) is 2.02. The molecule has 1 aromatic heterocycles. The van der Waals surface area contributed by atoms with Crippen LogP contribution in [0.1, 0.15) is 5.56 Å². The normalized spacial score (nSPS) is 10.2. The van der Waals surface area contributed by atoms with E-state index < -0.39 is 0 Å². The van der Waals surface area contributed by atoms with Gasteiger partial charge in [-0.3, -0.25) is 0 Å². The van der Waals surface area contributed by atoms with Crippen molar-refractivity contribution in [1.29, 1.82) is 0 Å². The van der Waals surface area contributed by atoms with Gasteiger partial charge in [0.1, 0.15) is 5.76 Å². The Morgan fingerprint density at radius 1 is 1.23 bits per heavy atom. The van der Waals surface area contributed by atoms with Crippen molar-refractivity contribution in [3.63, 3.8) is 0 Å². The predicted molar refractivity (Wildman–Crippen MR) is 53.3 cm³/mol. The van der Waals surface area contributed by atoms with Gasteiger partial charge in [-0.15, -0.1) is 0 Å². The number of hydrogen-bond acceptors (Lipinski definition) is 2. The second-order valence-electron chi connectivity index (χ2n) is 3.11. The Morgan fingerprint density at radius 3 is 2.69 bits per heavy atom. The lowest BCUT2D eigenvalue weighted by molar-refractivity contribution is 0.582. The van der Waals surface area contributed by atoms with E-state index in [1.807, 2.05) is 31.2 Å². The molecule has 1 heterocycles. The van der Waals surface area contributed by atoms with Gasteiger partial charge in [-0.1, -0.05) is 0 Å². The van der Waals surface area contributed by atoms with Crippen molar-refractivity contribution in [2.45, 2.75) is 6.92 Å². The van der Waals surface area contributed by atoms with Crippen molar-refractivity contribution in [3.05, 3.63) is 42.2 Å². The molecule has 2 aromatic rings. The molecule has 13 heavy (non-hydrogen) atoms. The predicted octanol–water partition coefficient (Wildman–Crippen LogP) is 2.84. The third-order valence-corrected chi connectivity index (χ3v) is 1.91. The van der Waals surface area contributed by atoms with Crippen LogP contribution in [0.4, 0.5) is 5.69 Å². The number of benzene rings is 1. The van der Waals surface area contributed by atoms with Crippen molar-refractivity contribution in [3.8, 4) is 11.3 Å². The molecule has 0 radical (unpaired) electrons. The molecule has 66 valence electrons. The molecule has 2 N–H and O–H groups in total. The van der Waals surface area contributed by atoms with Gasteiger partial charge in [0.25, 0.3) is 0 Å². The molecule has 0 fully saturated rings. The lowest BCUT2D eigenvalue weighted by Crippen LogP contribution is -1.86. The fourth-order valence-electron chi connectivity index (χ4n) is 1.40. The molecule has 0 aliphatic rings. The smallest absolute Gasteiger partial charge is 0.133 e. The molecule has 0 amide bonds. The zero-order valence-electron chi connectivity index (χ0n) is 7.45. The van der Waals surface area contributed by atoms with E-state index in [2.05, 4.69) is 6.07 Å². The van der Waals surface area contributed by atoms with Crippen LogP contribution >= 0.6 is 0 Å². The molecule has 0 unspecified atom stereocenters. The largest absolute Gasteiger partial charge is 0.464 e. The van der Waals surface area contributed by atoms with Gasteiger partial charge < -0.3 is 10.2 Å². The summed E-state index contributed by atoms with van der Waals surface area (Å²) in [5, 5.41) is 0. The molecule has 0 saturated heterocycles. The molecule has 0 spiro atoms. The Bertz CT molecular complexity index is 384. The van der Waals surface area contributed by atoms with E-state index in [9.17, 15) is 0 Å². The van der Waals surface area contributed by atoms with Crippen LogP contribution in [-0.2, 0) is 0 Å². The van der Waals surface area contributed by atoms with Crippen molar-refractivity contribution in [2.24, 2.45) is 0 Å². The van der Waals surface area contributed by atoms with Crippen LogP contribution < -0.4 is 5.73 Å². The van der Waals surface area contributed by atoms with Crippen molar-refractivity contribution >= 4 is 5.69 Å². The first-order valence-corrected chi connectivity index (χ1v) is 4.17. The molecule has 0 saturated carbocycles. The van der Waals surface area contributed by atoms with Crippen LogP contribution in [0.5, 0.6) is 0 Å². The highest BCUT2D eigenvalue weighted by molar-refractivity contribution is 5.64. The number of furan rings is 1. The first-order chi connectivity index (χ1) is 6.25. The van der Waals surface area contributed by atoms with E-state index in [0.29, 0.717) is 0 Å². The molecule has 0 atom stereocenters. The van der Waals surface area contributed by atoms with E-state index in [4.69, 9.17) is 10.2 Å². The standard InChI is InChI=1S/C11H11NO/c1-8-5-9(7-10(12)6-8)11-3-2-4-13-11/h2-7H,12H2,1H3. The maximum atomic E-state index is 5.72. The Morgan fingerprint density at radius 2 is 2.08 bits per heavy atom. The molecule has 2 nitrogen and oxygen atoms in total. The number of anilines is 1. The van der Waals surface area contributed by atoms with Crippen molar-refractivity contribution in [1.82, 2.24) is 0 Å². The SMILES string of the molecule is Cc1cc(N)cc(-c2ccco2)c1. The fraction of sp³-hybridized carbons (Fsp3) is 0.0909. The minimum Gasteiger partial charge on any atom is -0.464 e. The van der Waals surface area contributed by atoms with E-state index in [0.717, 1.165) is 22.6 Å². The van der Waals surface area contributed by atoms with Crippen molar-refractivity contribution < 1.29 is 4.42 Å². The zero-order chi connectivity index (χ0) is 9.26. The van der Waals surface area contributed by atoms with Gasteiger partial charge in [0.2, 0.25) is 0 Å². The lowest BCUT2D eigenvalue weighted by Gasteiger charge is -2.01. The number of hydrogen-bond donors (Lipinski definition) is 1. The van der Waals surface area contributed by atoms with Gasteiger partial charge in [0, 0.05) is 11.3 Å². The van der Waals surface area contributed by atoms with Crippen LogP contribution in [0, 0.1) is 6.92 Å². The molecule has 0 aliphatic carbocycles. The highest BCUT2D eigenvalue weighted by atomic mass is 16.3. The summed E-state index contributed by atoms with van der Waals surface area (Å²) in [5.74, 6) is 0.857. The van der Waals surface area contributed by atoms with E-state index >= 15 is 0 Å². The molecule has 1 aromatic carbocycles. The monoisotopic (exact) mass is 173 g/mol. The molecule has 2 heteroatoms. The van der Waals surface area contributed by atoms with Crippen LogP contribution in [0.3, 0.4) is 0 Å². The lowest BCUT2D eigenvalue weighted by atomic mass is 10.1. The Hall–Kier alpha value is -1.70. The Labute approximate surface area is 77.0 Å². The van der Waals surface area contributed by atoms with Crippen LogP contribution in [0.25, 0.3) is 11.3 Å². The van der Waals surface area contributed by atoms with Crippen LogP contribution in [-0.4, -0.2) is 0 Å². The van der Waals surface area contributed by atoms with Gasteiger partial charge >= 0.3 is 0 Å². The first kappa shape index (κ1) is 7.92. The quantitative estimate of drug-likeness (QED) is 0.673. The summed E-state index contributed by atoms with van der Waals surface area (Å²) in [7, 11) is 0. The molecule has 0 aliphatic heterocycles. The summed E-state index contributed by atoms with van der Waals surface area (Å²) in [6.07, 6.45) is 1.66. The van der Waals surface area contributed by atoms with Gasteiger partial charge in [-0.2, -0.15) is 0 Å². The maximum absolute atomic E-state index is 5.72. The second kappa shape index (κ2) is 2.98. The molecule has 0 bridgehead atoms. The third kappa shape index (κ3) is 1.56. The summed E-state index contributed by atoms with van der Waals surface area (Å²) in [6, 6.07) is 9.69. The number of aryl methyl sites for hydroxylation is 1. The second-order valence-corrected chi connectivity index (χ2v) is 3.11.